The van der Waals surface area contributed by atoms with E-state index in [0.717, 1.165) is 11.1 Å². The first kappa shape index (κ1) is 33.1. The van der Waals surface area contributed by atoms with Gasteiger partial charge >= 0.3 is 5.97 Å². The summed E-state index contributed by atoms with van der Waals surface area (Å²) < 4.78 is 0. The van der Waals surface area contributed by atoms with Gasteiger partial charge in [-0.3, -0.25) is 19.2 Å². The molecule has 12 nitrogen and oxygen atoms in total. The Balaban J connectivity index is 1.60. The van der Waals surface area contributed by atoms with Gasteiger partial charge in [0.15, 0.2) is 0 Å². The number of carbonyl (C=O) groups excluding carboxylic acids is 4. The van der Waals surface area contributed by atoms with Crippen molar-refractivity contribution in [1.82, 2.24) is 20.9 Å². The smallest absolute Gasteiger partial charge is 0.326 e. The lowest BCUT2D eigenvalue weighted by molar-refractivity contribution is -0.142. The highest BCUT2D eigenvalue weighted by Crippen LogP contribution is 2.20. The Morgan fingerprint density at radius 1 is 0.930 bits per heavy atom. The predicted octanol–water partition coefficient (Wildman–Crippen LogP) is 0.712. The zero-order valence-electron chi connectivity index (χ0n) is 24.5. The molecule has 2 aromatic carbocycles. The van der Waals surface area contributed by atoms with Crippen LogP contribution in [0.25, 0.3) is 0 Å². The van der Waals surface area contributed by atoms with Gasteiger partial charge in [0.25, 0.3) is 0 Å². The molecule has 1 aliphatic rings. The largest absolute Gasteiger partial charge is 0.508 e. The second-order valence-corrected chi connectivity index (χ2v) is 11.2. The van der Waals surface area contributed by atoms with Crippen molar-refractivity contribution in [1.29, 1.82) is 0 Å². The lowest BCUT2D eigenvalue weighted by Crippen LogP contribution is -2.55. The predicted molar refractivity (Wildman–Crippen MR) is 159 cm³/mol. The van der Waals surface area contributed by atoms with E-state index in [1.54, 1.807) is 36.4 Å². The van der Waals surface area contributed by atoms with Crippen molar-refractivity contribution in [2.24, 2.45) is 11.7 Å². The Morgan fingerprint density at radius 2 is 1.58 bits per heavy atom. The molecule has 4 atom stereocenters. The topological polar surface area (TPSA) is 191 Å². The van der Waals surface area contributed by atoms with Crippen LogP contribution in [0.15, 0.2) is 54.6 Å². The highest BCUT2D eigenvalue weighted by atomic mass is 16.4. The molecule has 1 aliphatic heterocycles. The average Bonchev–Trinajstić information content (AvgIpc) is 3.46. The molecule has 0 aromatic heterocycles. The van der Waals surface area contributed by atoms with Gasteiger partial charge in [-0.1, -0.05) is 56.3 Å². The number of carboxylic acids is 1. The number of nitrogens with zero attached hydrogens (tertiary/aromatic N) is 1. The highest BCUT2D eigenvalue weighted by molar-refractivity contribution is 5.94. The standard InChI is InChI=1S/C31H41N5O7/c1-19(2)15-25(31(42)43)35-28(39)24(17-20-7-4-3-5-8-20)34-27(38)18-33-29(40)26-9-6-14-36(26)30(41)23(32)16-21-10-12-22(37)13-11-21/h3-5,7-8,10-13,19,23-26,37H,6,9,14-18,32H2,1-2H3,(H,33,40)(H,34,38)(H,35,39)(H,42,43)/t23-,24-,25-,26-/m0/s1. The molecule has 0 saturated carbocycles. The third kappa shape index (κ3) is 10.1. The number of phenols is 1. The minimum atomic E-state index is -1.17. The molecular weight excluding hydrogens is 554 g/mol. The number of aliphatic carboxylic acids is 1. The fourth-order valence-electron chi connectivity index (χ4n) is 5.04. The summed E-state index contributed by atoms with van der Waals surface area (Å²) in [6, 6.07) is 11.5. The Morgan fingerprint density at radius 3 is 2.21 bits per heavy atom. The van der Waals surface area contributed by atoms with E-state index in [1.165, 1.54) is 17.0 Å². The lowest BCUT2D eigenvalue weighted by Gasteiger charge is -2.27. The van der Waals surface area contributed by atoms with Gasteiger partial charge in [-0.25, -0.2) is 4.79 Å². The summed E-state index contributed by atoms with van der Waals surface area (Å²) in [5.41, 5.74) is 7.68. The molecule has 1 fully saturated rings. The minimum Gasteiger partial charge on any atom is -0.508 e. The monoisotopic (exact) mass is 595 g/mol. The Hall–Kier alpha value is -4.45. The van der Waals surface area contributed by atoms with Crippen molar-refractivity contribution in [2.75, 3.05) is 13.1 Å². The molecule has 0 radical (unpaired) electrons. The molecule has 1 heterocycles. The Kier molecular flexibility index (Phi) is 12.1. The normalized spacial score (nSPS) is 16.7. The van der Waals surface area contributed by atoms with Crippen LogP contribution in [0.1, 0.15) is 44.2 Å². The van der Waals surface area contributed by atoms with Gasteiger partial charge in [0.05, 0.1) is 12.6 Å². The van der Waals surface area contributed by atoms with Gasteiger partial charge < -0.3 is 36.8 Å². The van der Waals surface area contributed by atoms with E-state index in [0.29, 0.717) is 19.4 Å². The molecule has 2 aromatic rings. The van der Waals surface area contributed by atoms with Crippen molar-refractivity contribution < 1.29 is 34.2 Å². The van der Waals surface area contributed by atoms with E-state index in [1.807, 2.05) is 19.9 Å². The van der Waals surface area contributed by atoms with Crippen LogP contribution in [0.5, 0.6) is 5.75 Å². The second-order valence-electron chi connectivity index (χ2n) is 11.2. The number of hydrogen-bond donors (Lipinski definition) is 6. The number of hydrogen-bond acceptors (Lipinski definition) is 7. The first-order chi connectivity index (χ1) is 20.4. The average molecular weight is 596 g/mol. The van der Waals surface area contributed by atoms with Crippen LogP contribution < -0.4 is 21.7 Å². The van der Waals surface area contributed by atoms with Crippen LogP contribution in [-0.2, 0) is 36.8 Å². The molecule has 43 heavy (non-hydrogen) atoms. The number of rotatable bonds is 14. The molecule has 0 bridgehead atoms. The molecule has 0 aliphatic carbocycles. The third-order valence-corrected chi connectivity index (χ3v) is 7.23. The molecule has 232 valence electrons. The maximum Gasteiger partial charge on any atom is 0.326 e. The highest BCUT2D eigenvalue weighted by Gasteiger charge is 2.36. The van der Waals surface area contributed by atoms with Gasteiger partial charge in [-0.05, 0) is 54.9 Å². The fraction of sp³-hybridized carbons (Fsp3) is 0.452. The number of carbonyl (C=O) groups is 5. The third-order valence-electron chi connectivity index (χ3n) is 7.23. The Labute approximate surface area is 251 Å². The molecule has 0 spiro atoms. The van der Waals surface area contributed by atoms with E-state index in [-0.39, 0.29) is 36.8 Å². The van der Waals surface area contributed by atoms with Crippen molar-refractivity contribution in [3.8, 4) is 5.75 Å². The van der Waals surface area contributed by atoms with Crippen molar-refractivity contribution in [2.45, 2.75) is 70.1 Å². The summed E-state index contributed by atoms with van der Waals surface area (Å²) in [5.74, 6) is -3.23. The van der Waals surface area contributed by atoms with Gasteiger partial charge in [0.1, 0.15) is 23.9 Å². The number of aromatic hydroxyl groups is 1. The van der Waals surface area contributed by atoms with E-state index in [2.05, 4.69) is 16.0 Å². The first-order valence-electron chi connectivity index (χ1n) is 14.4. The van der Waals surface area contributed by atoms with E-state index < -0.39 is 54.4 Å². The molecule has 4 amide bonds. The van der Waals surface area contributed by atoms with Gasteiger partial charge in [-0.2, -0.15) is 0 Å². The SMILES string of the molecule is CC(C)C[C@H](NC(=O)[C@H](Cc1ccccc1)NC(=O)CNC(=O)[C@@H]1CCCN1C(=O)[C@@H](N)Cc1ccc(O)cc1)C(=O)O. The number of nitrogens with two attached hydrogens (primary N) is 1. The summed E-state index contributed by atoms with van der Waals surface area (Å²) in [6.45, 7) is 3.60. The first-order valence-corrected chi connectivity index (χ1v) is 14.4. The molecule has 1 saturated heterocycles. The van der Waals surface area contributed by atoms with E-state index in [9.17, 15) is 34.2 Å². The maximum absolute atomic E-state index is 13.1. The van der Waals surface area contributed by atoms with Crippen LogP contribution in [0.2, 0.25) is 0 Å². The number of amides is 4. The number of likely N-dealkylation sites (tertiary alicyclic amines) is 1. The van der Waals surface area contributed by atoms with E-state index >= 15 is 0 Å². The van der Waals surface area contributed by atoms with Crippen LogP contribution in [0.4, 0.5) is 0 Å². The minimum absolute atomic E-state index is 0.0168. The van der Waals surface area contributed by atoms with Gasteiger partial charge in [0.2, 0.25) is 23.6 Å². The number of phenolic OH excluding ortho intramolecular Hbond substituents is 1. The van der Waals surface area contributed by atoms with E-state index in [4.69, 9.17) is 5.73 Å². The zero-order chi connectivity index (χ0) is 31.5. The number of carboxylic acid groups (broad SMARTS) is 1. The summed E-state index contributed by atoms with van der Waals surface area (Å²) in [7, 11) is 0. The molecule has 3 rings (SSSR count). The van der Waals surface area contributed by atoms with Crippen molar-refractivity contribution >= 4 is 29.6 Å². The Bertz CT molecular complexity index is 1270. The molecule has 0 unspecified atom stereocenters. The quantitative estimate of drug-likeness (QED) is 0.184. The number of benzene rings is 2. The fourth-order valence-corrected chi connectivity index (χ4v) is 5.04. The van der Waals surface area contributed by atoms with Crippen molar-refractivity contribution in [3.05, 3.63) is 65.7 Å². The zero-order valence-corrected chi connectivity index (χ0v) is 24.5. The van der Waals surface area contributed by atoms with Crippen molar-refractivity contribution in [3.63, 3.8) is 0 Å². The van der Waals surface area contributed by atoms with Gasteiger partial charge in [-0.15, -0.1) is 0 Å². The summed E-state index contributed by atoms with van der Waals surface area (Å²) in [5, 5.41) is 26.7. The summed E-state index contributed by atoms with van der Waals surface area (Å²) in [4.78, 5) is 65.2. The maximum atomic E-state index is 13.1. The molecule has 12 heteroatoms. The van der Waals surface area contributed by atoms with Crippen LogP contribution in [-0.4, -0.2) is 82.0 Å². The second kappa shape index (κ2) is 15.7. The molecular formula is C31H41N5O7. The molecule has 7 N–H and O–H groups in total. The van der Waals surface area contributed by atoms with Crippen LogP contribution in [0, 0.1) is 5.92 Å². The number of nitrogens with one attached hydrogen (secondary N) is 3. The summed E-state index contributed by atoms with van der Waals surface area (Å²) >= 11 is 0. The lowest BCUT2D eigenvalue weighted by atomic mass is 10.0. The van der Waals surface area contributed by atoms with Crippen LogP contribution >= 0.6 is 0 Å². The summed E-state index contributed by atoms with van der Waals surface area (Å²) in [6.07, 6.45) is 1.58. The van der Waals surface area contributed by atoms with Gasteiger partial charge in [0, 0.05) is 13.0 Å². The van der Waals surface area contributed by atoms with Crippen LogP contribution in [0.3, 0.4) is 0 Å².